The van der Waals surface area contributed by atoms with Crippen molar-refractivity contribution < 1.29 is 29.5 Å². The second-order valence-electron chi connectivity index (χ2n) is 8.17. The molecule has 3 amide bonds. The average molecular weight is 521 g/mol. The lowest BCUT2D eigenvalue weighted by atomic mass is 10.0. The second-order valence-corrected chi connectivity index (χ2v) is 10.1. The number of amides is 3. The topological polar surface area (TPSA) is 203 Å². The molecule has 0 radical (unpaired) electrons. The van der Waals surface area contributed by atoms with Crippen LogP contribution in [0.1, 0.15) is 12.2 Å². The number of carboxylic acids is 1. The van der Waals surface area contributed by atoms with E-state index in [4.69, 9.17) is 5.73 Å². The summed E-state index contributed by atoms with van der Waals surface area (Å²) in [6, 6.07) is -0.894. The molecule has 4 aliphatic heterocycles. The Hall–Kier alpha value is -3.50. The van der Waals surface area contributed by atoms with E-state index in [0.29, 0.717) is 24.1 Å². The van der Waals surface area contributed by atoms with Gasteiger partial charge in [-0.3, -0.25) is 19.3 Å². The summed E-state index contributed by atoms with van der Waals surface area (Å²) >= 11 is 2.06. The van der Waals surface area contributed by atoms with Crippen molar-refractivity contribution in [3.05, 3.63) is 28.7 Å². The molecule has 0 aromatic carbocycles. The first-order chi connectivity index (χ1) is 16.8. The fourth-order valence-electron chi connectivity index (χ4n) is 4.31. The second kappa shape index (κ2) is 8.94. The quantitative estimate of drug-likeness (QED) is 0.0927. The highest BCUT2D eigenvalue weighted by Crippen LogP contribution is 2.41. The number of allylic oxidation sites excluding steroid dienone is 1. The summed E-state index contributed by atoms with van der Waals surface area (Å²) in [4.78, 5) is 57.0. The lowest BCUT2D eigenvalue weighted by Gasteiger charge is -2.49. The number of β-lactam (4-membered cyclic amide) rings is 1. The molecule has 3 fully saturated rings. The van der Waals surface area contributed by atoms with Gasteiger partial charge in [-0.05, 0) is 18.1 Å². The van der Waals surface area contributed by atoms with Gasteiger partial charge in [0, 0.05) is 42.5 Å². The number of nitrogens with two attached hydrogens (primary N) is 1. The summed E-state index contributed by atoms with van der Waals surface area (Å²) in [6.45, 7) is 2.06. The van der Waals surface area contributed by atoms with Crippen molar-refractivity contribution in [3.8, 4) is 0 Å². The van der Waals surface area contributed by atoms with E-state index in [0.717, 1.165) is 29.5 Å². The first kappa shape index (κ1) is 23.3. The molecule has 6 N–H and O–H groups in total. The van der Waals surface area contributed by atoms with Gasteiger partial charge in [0.15, 0.2) is 5.13 Å². The number of carbonyl (C=O) groups excluding carboxylic acids is 3. The van der Waals surface area contributed by atoms with E-state index in [9.17, 15) is 29.5 Å². The van der Waals surface area contributed by atoms with Gasteiger partial charge in [-0.25, -0.2) is 4.79 Å². The lowest BCUT2D eigenvalue weighted by molar-refractivity contribution is -0.150. The van der Waals surface area contributed by atoms with Crippen LogP contribution in [0.3, 0.4) is 0 Å². The normalized spacial score (nSPS) is 26.1. The van der Waals surface area contributed by atoms with E-state index in [1.165, 1.54) is 11.8 Å². The zero-order valence-corrected chi connectivity index (χ0v) is 19.6. The van der Waals surface area contributed by atoms with Crippen molar-refractivity contribution in [1.82, 2.24) is 29.8 Å². The summed E-state index contributed by atoms with van der Waals surface area (Å²) in [6.07, 6.45) is 2.08. The fraction of sp³-hybridized carbons (Fsp3) is 0.421. The van der Waals surface area contributed by atoms with Gasteiger partial charge in [0.1, 0.15) is 17.1 Å². The molecule has 5 heterocycles. The third kappa shape index (κ3) is 3.92. The minimum absolute atomic E-state index is 0.0637. The highest BCUT2D eigenvalue weighted by molar-refractivity contribution is 8.00. The Morgan fingerprint density at radius 2 is 2.09 bits per heavy atom. The summed E-state index contributed by atoms with van der Waals surface area (Å²) in [7, 11) is 0. The van der Waals surface area contributed by atoms with Gasteiger partial charge in [0.05, 0.1) is 6.04 Å². The molecule has 3 saturated heterocycles. The van der Waals surface area contributed by atoms with Crippen LogP contribution in [0.5, 0.6) is 0 Å². The Bertz CT molecular complexity index is 1220. The maximum absolute atomic E-state index is 12.9. The number of hydrogen-bond donors (Lipinski definition) is 5. The fourth-order valence-corrected chi connectivity index (χ4v) is 6.05. The molecule has 1 aromatic rings. The van der Waals surface area contributed by atoms with Crippen LogP contribution in [-0.2, 0) is 19.2 Å². The van der Waals surface area contributed by atoms with Crippen molar-refractivity contribution in [1.29, 1.82) is 0 Å². The third-order valence-electron chi connectivity index (χ3n) is 6.16. The van der Waals surface area contributed by atoms with Gasteiger partial charge in [-0.15, -0.1) is 11.8 Å². The van der Waals surface area contributed by atoms with Gasteiger partial charge < -0.3 is 31.6 Å². The van der Waals surface area contributed by atoms with Gasteiger partial charge in [0.25, 0.3) is 11.8 Å². The number of carboxylic acid groups (broad SMARTS) is 1. The molecule has 16 heteroatoms. The van der Waals surface area contributed by atoms with E-state index < -0.39 is 34.9 Å². The average Bonchev–Trinajstić information content (AvgIpc) is 3.37. The molecule has 0 bridgehead atoms. The number of nitrogens with one attached hydrogen (secondary N) is 2. The van der Waals surface area contributed by atoms with Gasteiger partial charge >= 0.3 is 5.97 Å². The van der Waals surface area contributed by atoms with Gasteiger partial charge in [0.2, 0.25) is 17.4 Å². The first-order valence-electron chi connectivity index (χ1n) is 10.6. The molecule has 0 unspecified atom stereocenters. The van der Waals surface area contributed by atoms with Crippen LogP contribution in [0.4, 0.5) is 5.13 Å². The molecule has 2 atom stereocenters. The zero-order chi connectivity index (χ0) is 24.9. The number of thioether (sulfide) groups is 1. The Morgan fingerprint density at radius 3 is 2.69 bits per heavy atom. The largest absolute Gasteiger partial charge is 0.477 e. The van der Waals surface area contributed by atoms with Crippen LogP contribution in [-0.4, -0.2) is 102 Å². The van der Waals surface area contributed by atoms with Crippen molar-refractivity contribution >= 4 is 57.8 Å². The highest BCUT2D eigenvalue weighted by atomic mass is 32.2. The molecule has 35 heavy (non-hydrogen) atoms. The van der Waals surface area contributed by atoms with Gasteiger partial charge in [-0.1, -0.05) is 5.16 Å². The number of rotatable bonds is 6. The molecule has 4 aliphatic rings. The van der Waals surface area contributed by atoms with Crippen molar-refractivity contribution in [2.75, 3.05) is 31.1 Å². The maximum atomic E-state index is 12.9. The van der Waals surface area contributed by atoms with E-state index in [-0.39, 0.29) is 34.4 Å². The van der Waals surface area contributed by atoms with Crippen molar-refractivity contribution in [3.63, 3.8) is 0 Å². The number of hydrogen-bond acceptors (Lipinski definition) is 12. The van der Waals surface area contributed by atoms with Crippen LogP contribution in [0.15, 0.2) is 28.1 Å². The van der Waals surface area contributed by atoms with Crippen LogP contribution >= 0.6 is 23.3 Å². The monoisotopic (exact) mass is 520 g/mol. The van der Waals surface area contributed by atoms with Crippen molar-refractivity contribution in [2.45, 2.75) is 23.9 Å². The van der Waals surface area contributed by atoms with Crippen LogP contribution in [0.2, 0.25) is 0 Å². The third-order valence-corrected chi connectivity index (χ3v) is 8.01. The smallest absolute Gasteiger partial charge is 0.352 e. The minimum Gasteiger partial charge on any atom is -0.477 e. The predicted molar refractivity (Wildman–Crippen MR) is 123 cm³/mol. The number of aliphatic carboxylic acids is 1. The number of nitrogen functional groups attached to an aromatic ring is 1. The summed E-state index contributed by atoms with van der Waals surface area (Å²) in [5.74, 6) is -2.92. The number of fused-ring (bicyclic) bond motifs is 1. The molecule has 0 aliphatic carbocycles. The number of anilines is 1. The summed E-state index contributed by atoms with van der Waals surface area (Å²) in [5, 5.41) is 27.0. The molecule has 184 valence electrons. The van der Waals surface area contributed by atoms with E-state index in [1.807, 2.05) is 0 Å². The molecule has 5 rings (SSSR count). The van der Waals surface area contributed by atoms with E-state index in [1.54, 1.807) is 11.0 Å². The Kier molecular flexibility index (Phi) is 5.94. The Balaban J connectivity index is 1.33. The summed E-state index contributed by atoms with van der Waals surface area (Å²) in [5.41, 5.74) is 5.65. The first-order valence-corrected chi connectivity index (χ1v) is 12.4. The summed E-state index contributed by atoms with van der Waals surface area (Å²) < 4.78 is 3.81. The van der Waals surface area contributed by atoms with Crippen LogP contribution in [0, 0.1) is 0 Å². The number of carbonyl (C=O) groups is 4. The van der Waals surface area contributed by atoms with E-state index in [2.05, 4.69) is 25.1 Å². The zero-order valence-electron chi connectivity index (χ0n) is 18.0. The number of likely N-dealkylation sites (tertiary alicyclic amines) is 1. The SMILES string of the molecule is Nc1nc(/C(=N/O)C(=O)N[C@@H]2C(=O)N3C(C(=O)O)=C(/C=C4\CCN(C5CNC5)C4=O)CS[C@H]23)ns1. The molecular formula is C19H20N8O6S2. The number of nitrogens with zero attached hydrogens (tertiary/aromatic N) is 5. The van der Waals surface area contributed by atoms with E-state index >= 15 is 0 Å². The molecular weight excluding hydrogens is 500 g/mol. The van der Waals surface area contributed by atoms with Gasteiger partial charge in [-0.2, -0.15) is 9.36 Å². The highest BCUT2D eigenvalue weighted by Gasteiger charge is 2.54. The lowest BCUT2D eigenvalue weighted by Crippen LogP contribution is -2.71. The molecule has 1 aromatic heterocycles. The maximum Gasteiger partial charge on any atom is 0.352 e. The van der Waals surface area contributed by atoms with Crippen LogP contribution in [0.25, 0.3) is 0 Å². The minimum atomic E-state index is -1.30. The predicted octanol–water partition coefficient (Wildman–Crippen LogP) is -1.83. The number of aromatic nitrogens is 2. The number of oxime groups is 1. The Labute approximate surface area is 206 Å². The molecule has 14 nitrogen and oxygen atoms in total. The standard InChI is InChI=1S/C19H20N8O6S2/c20-19-23-13(25-35-19)10(24-33)14(28)22-11-16(30)27-12(18(31)32)8(6-34-17(11)27)3-7-1-2-26(15(7)29)9-4-21-5-9/h3,9,11,17,21,33H,1-2,4-6H2,(H,22,28)(H,31,32)(H2,20,23,25)/b7-3+,24-10-/t11-,17-/m1/s1. The molecule has 0 saturated carbocycles. The molecule has 0 spiro atoms. The van der Waals surface area contributed by atoms with Crippen LogP contribution < -0.4 is 16.4 Å². The Morgan fingerprint density at radius 1 is 1.31 bits per heavy atom. The van der Waals surface area contributed by atoms with Crippen molar-refractivity contribution in [2.24, 2.45) is 5.16 Å².